The van der Waals surface area contributed by atoms with Crippen LogP contribution in [0.3, 0.4) is 0 Å². The predicted molar refractivity (Wildman–Crippen MR) is 54.9 cm³/mol. The van der Waals surface area contributed by atoms with Crippen molar-refractivity contribution in [1.82, 2.24) is 0 Å². The molecule has 0 aromatic heterocycles. The average molecular weight is 257 g/mol. The molecule has 1 heterocycles. The van der Waals surface area contributed by atoms with Crippen LogP contribution in [0.1, 0.15) is 0 Å². The molecule has 1 atom stereocenters. The first-order valence-electron chi connectivity index (χ1n) is 4.84. The van der Waals surface area contributed by atoms with Crippen LogP contribution in [0.5, 0.6) is 0 Å². The molecule has 94 valence electrons. The van der Waals surface area contributed by atoms with Gasteiger partial charge in [-0.05, 0) is 6.08 Å². The summed E-state index contributed by atoms with van der Waals surface area (Å²) in [5.74, 6) is -4.03. The van der Waals surface area contributed by atoms with Crippen molar-refractivity contribution in [3.63, 3.8) is 0 Å². The van der Waals surface area contributed by atoms with Gasteiger partial charge in [0.15, 0.2) is 11.5 Å². The lowest BCUT2D eigenvalue weighted by Gasteiger charge is -2.20. The van der Waals surface area contributed by atoms with Crippen LogP contribution in [0, 0.1) is 5.92 Å². The Bertz CT molecular complexity index is 552. The number of rotatable bonds is 1. The lowest BCUT2D eigenvalue weighted by molar-refractivity contribution is -0.149. The predicted octanol–water partition coefficient (Wildman–Crippen LogP) is 1.65. The highest BCUT2D eigenvalue weighted by Gasteiger charge is 2.39. The van der Waals surface area contributed by atoms with Crippen molar-refractivity contribution in [1.29, 1.82) is 0 Å². The smallest absolute Gasteiger partial charge is 0.398 e. The van der Waals surface area contributed by atoms with Crippen molar-refractivity contribution < 1.29 is 27.9 Å². The van der Waals surface area contributed by atoms with Crippen molar-refractivity contribution in [2.75, 3.05) is 0 Å². The second-order valence-electron chi connectivity index (χ2n) is 3.70. The summed E-state index contributed by atoms with van der Waals surface area (Å²) in [5.41, 5.74) is -0.757. The molecule has 0 radical (unpaired) electrons. The Hall–Kier alpha value is -2.18. The van der Waals surface area contributed by atoms with E-state index in [4.69, 9.17) is 5.11 Å². The van der Waals surface area contributed by atoms with Gasteiger partial charge in [0.05, 0.1) is 11.6 Å². The van der Waals surface area contributed by atoms with E-state index in [1.54, 1.807) is 0 Å². The van der Waals surface area contributed by atoms with E-state index in [2.05, 4.69) is 4.99 Å². The molecule has 18 heavy (non-hydrogen) atoms. The molecule has 0 bridgehead atoms. The van der Waals surface area contributed by atoms with Crippen molar-refractivity contribution in [2.45, 2.75) is 6.18 Å². The maximum absolute atomic E-state index is 12.5. The van der Waals surface area contributed by atoms with Gasteiger partial charge in [0, 0.05) is 11.6 Å². The maximum Gasteiger partial charge on any atom is 0.398 e. The summed E-state index contributed by atoms with van der Waals surface area (Å²) in [5, 5.41) is 8.68. The number of hydrogen-bond acceptors (Lipinski definition) is 3. The summed E-state index contributed by atoms with van der Waals surface area (Å²) in [6.07, 6.45) is -1.17. The molecule has 2 aliphatic rings. The molecule has 0 aromatic rings. The number of carbonyl (C=O) groups excluding carboxylic acids is 1. The molecule has 2 rings (SSSR count). The Morgan fingerprint density at radius 1 is 1.39 bits per heavy atom. The molecule has 0 spiro atoms. The molecule has 0 saturated carbocycles. The summed E-state index contributed by atoms with van der Waals surface area (Å²) < 4.78 is 37.4. The standard InChI is InChI=1S/C11H6F3NO3/c12-11(13,14)5-1-2-7-6(3-5)9(16)4-8(15-7)10(17)18/h1-5H,(H,17,18). The zero-order valence-electron chi connectivity index (χ0n) is 8.73. The largest absolute Gasteiger partial charge is 0.477 e. The summed E-state index contributed by atoms with van der Waals surface area (Å²) in [7, 11) is 0. The van der Waals surface area contributed by atoms with Crippen molar-refractivity contribution in [3.8, 4) is 0 Å². The zero-order valence-corrected chi connectivity index (χ0v) is 8.73. The fraction of sp³-hybridized carbons (Fsp3) is 0.182. The first kappa shape index (κ1) is 12.3. The van der Waals surface area contributed by atoms with Gasteiger partial charge in [-0.15, -0.1) is 0 Å². The zero-order chi connectivity index (χ0) is 13.5. The first-order valence-corrected chi connectivity index (χ1v) is 4.84. The minimum absolute atomic E-state index is 0.0552. The second kappa shape index (κ2) is 3.94. The van der Waals surface area contributed by atoms with Crippen LogP contribution in [-0.2, 0) is 9.59 Å². The lowest BCUT2D eigenvalue weighted by atomic mass is 9.90. The van der Waals surface area contributed by atoms with E-state index in [9.17, 15) is 22.8 Å². The summed E-state index contributed by atoms with van der Waals surface area (Å²) in [6.45, 7) is 0. The minimum Gasteiger partial charge on any atom is -0.477 e. The van der Waals surface area contributed by atoms with E-state index < -0.39 is 29.5 Å². The number of carboxylic acid groups (broad SMARTS) is 1. The van der Waals surface area contributed by atoms with Crippen molar-refractivity contribution >= 4 is 17.5 Å². The molecular formula is C11H6F3NO3. The van der Waals surface area contributed by atoms with Crippen molar-refractivity contribution in [2.24, 2.45) is 10.9 Å². The number of alkyl halides is 3. The molecule has 0 fully saturated rings. The van der Waals surface area contributed by atoms with Gasteiger partial charge >= 0.3 is 12.1 Å². The van der Waals surface area contributed by atoms with Crippen LogP contribution in [0.2, 0.25) is 0 Å². The van der Waals surface area contributed by atoms with Gasteiger partial charge in [0.25, 0.3) is 0 Å². The van der Waals surface area contributed by atoms with Gasteiger partial charge in [0.2, 0.25) is 0 Å². The van der Waals surface area contributed by atoms with Gasteiger partial charge in [0.1, 0.15) is 0 Å². The van der Waals surface area contributed by atoms with Gasteiger partial charge < -0.3 is 5.11 Å². The third-order valence-corrected chi connectivity index (χ3v) is 2.45. The van der Waals surface area contributed by atoms with Crippen LogP contribution >= 0.6 is 0 Å². The monoisotopic (exact) mass is 257 g/mol. The molecule has 0 saturated heterocycles. The fourth-order valence-electron chi connectivity index (χ4n) is 1.59. The van der Waals surface area contributed by atoms with E-state index in [1.807, 2.05) is 0 Å². The third-order valence-electron chi connectivity index (χ3n) is 2.45. The number of halogens is 3. The number of carbonyl (C=O) groups is 2. The molecule has 0 amide bonds. The van der Waals surface area contributed by atoms with E-state index >= 15 is 0 Å². The highest BCUT2D eigenvalue weighted by atomic mass is 19.4. The molecule has 4 nitrogen and oxygen atoms in total. The van der Waals surface area contributed by atoms with Gasteiger partial charge in [-0.1, -0.05) is 12.2 Å². The van der Waals surface area contributed by atoms with E-state index in [1.165, 1.54) is 0 Å². The minimum atomic E-state index is -4.48. The maximum atomic E-state index is 12.5. The van der Waals surface area contributed by atoms with Crippen LogP contribution in [0.25, 0.3) is 0 Å². The quantitative estimate of drug-likeness (QED) is 0.776. The highest BCUT2D eigenvalue weighted by molar-refractivity contribution is 6.33. The molecule has 0 aromatic carbocycles. The molecule has 7 heteroatoms. The number of aliphatic carboxylic acids is 1. The van der Waals surface area contributed by atoms with Crippen LogP contribution in [0.4, 0.5) is 13.2 Å². The summed E-state index contributed by atoms with van der Waals surface area (Å²) in [6, 6.07) is 0. The van der Waals surface area contributed by atoms with Gasteiger partial charge in [-0.3, -0.25) is 4.79 Å². The molecular weight excluding hydrogens is 251 g/mol. The molecule has 1 unspecified atom stereocenters. The lowest BCUT2D eigenvalue weighted by Crippen LogP contribution is -2.26. The Kier molecular flexibility index (Phi) is 2.68. The van der Waals surface area contributed by atoms with Gasteiger partial charge in [-0.2, -0.15) is 13.2 Å². The topological polar surface area (TPSA) is 66.7 Å². The highest BCUT2D eigenvalue weighted by Crippen LogP contribution is 2.33. The number of allylic oxidation sites excluding steroid dienone is 5. The molecule has 1 aliphatic carbocycles. The normalized spacial score (nSPS) is 22.9. The Labute approximate surface area is 98.8 Å². The number of ketones is 1. The fourth-order valence-corrected chi connectivity index (χ4v) is 1.59. The third kappa shape index (κ3) is 2.11. The number of hydrogen-bond donors (Lipinski definition) is 1. The SMILES string of the molecule is O=C(O)C1=CC(=O)C2=CC(C(F)(F)F)C=CC2=N1. The number of nitrogens with zero attached hydrogens (tertiary/aromatic N) is 1. The van der Waals surface area contributed by atoms with E-state index in [-0.39, 0.29) is 11.3 Å². The molecule has 1 aliphatic heterocycles. The van der Waals surface area contributed by atoms with Crippen LogP contribution in [0.15, 0.2) is 40.6 Å². The molecule has 1 N–H and O–H groups in total. The van der Waals surface area contributed by atoms with Crippen molar-refractivity contribution in [3.05, 3.63) is 35.6 Å². The Balaban J connectivity index is 2.40. The summed E-state index contributed by atoms with van der Waals surface area (Å²) >= 11 is 0. The Morgan fingerprint density at radius 3 is 2.61 bits per heavy atom. The average Bonchev–Trinajstić information content (AvgIpc) is 2.27. The second-order valence-corrected chi connectivity index (χ2v) is 3.70. The number of aliphatic imine (C=N–C) groups is 1. The van der Waals surface area contributed by atoms with E-state index in [0.717, 1.165) is 18.2 Å². The Morgan fingerprint density at radius 2 is 2.06 bits per heavy atom. The number of carboxylic acids is 1. The van der Waals surface area contributed by atoms with Crippen LogP contribution in [-0.4, -0.2) is 28.7 Å². The first-order chi connectivity index (χ1) is 8.29. The van der Waals surface area contributed by atoms with Crippen LogP contribution < -0.4 is 0 Å². The summed E-state index contributed by atoms with van der Waals surface area (Å²) in [4.78, 5) is 25.8. The van der Waals surface area contributed by atoms with E-state index in [0.29, 0.717) is 6.08 Å². The number of fused-ring (bicyclic) bond motifs is 1. The van der Waals surface area contributed by atoms with Gasteiger partial charge in [-0.25, -0.2) is 9.79 Å².